The van der Waals surface area contributed by atoms with Crippen molar-refractivity contribution in [1.82, 2.24) is 29.2 Å². The average molecular weight is 524 g/mol. The van der Waals surface area contributed by atoms with Crippen molar-refractivity contribution in [3.63, 3.8) is 0 Å². The molecule has 1 aliphatic heterocycles. The lowest BCUT2D eigenvalue weighted by molar-refractivity contribution is -0.130. The molecule has 4 heterocycles. The summed E-state index contributed by atoms with van der Waals surface area (Å²) in [5.41, 5.74) is 5.30. The number of anilines is 2. The fraction of sp³-hybridized carbons (Fsp3) is 0.367. The first-order valence-electron chi connectivity index (χ1n) is 13.3. The van der Waals surface area contributed by atoms with Crippen LogP contribution >= 0.6 is 0 Å². The van der Waals surface area contributed by atoms with Gasteiger partial charge in [0.15, 0.2) is 5.65 Å². The molecule has 0 bridgehead atoms. The van der Waals surface area contributed by atoms with Gasteiger partial charge in [-0.3, -0.25) is 14.6 Å². The van der Waals surface area contributed by atoms with E-state index < -0.39 is 0 Å². The Balaban J connectivity index is 1.41. The molecule has 0 unspecified atom stereocenters. The monoisotopic (exact) mass is 523 g/mol. The Morgan fingerprint density at radius 2 is 1.97 bits per heavy atom. The van der Waals surface area contributed by atoms with Crippen LogP contribution in [0.4, 0.5) is 11.6 Å². The van der Waals surface area contributed by atoms with Gasteiger partial charge in [0, 0.05) is 54.6 Å². The Hall–Kier alpha value is -4.27. The number of nitrogens with zero attached hydrogens (tertiary/aromatic N) is 6. The number of hydrogen-bond donors (Lipinski definition) is 1. The molecule has 0 atom stereocenters. The topological polar surface area (TPSA) is 97.9 Å². The number of carbonyl (C=O) groups is 1. The number of amides is 1. The number of hydrogen-bond acceptors (Lipinski definition) is 6. The van der Waals surface area contributed by atoms with Crippen molar-refractivity contribution in [1.29, 1.82) is 0 Å². The first-order valence-corrected chi connectivity index (χ1v) is 13.3. The second kappa shape index (κ2) is 8.90. The van der Waals surface area contributed by atoms with E-state index in [1.54, 1.807) is 30.1 Å². The van der Waals surface area contributed by atoms with Crippen LogP contribution < -0.4 is 10.9 Å². The second-order valence-corrected chi connectivity index (χ2v) is 11.7. The van der Waals surface area contributed by atoms with E-state index >= 15 is 0 Å². The van der Waals surface area contributed by atoms with Gasteiger partial charge >= 0.3 is 0 Å². The van der Waals surface area contributed by atoms with Gasteiger partial charge in [-0.1, -0.05) is 32.9 Å². The number of nitrogens with one attached hydrogen (secondary N) is 1. The molecule has 6 rings (SSSR count). The fourth-order valence-electron chi connectivity index (χ4n) is 5.56. The van der Waals surface area contributed by atoms with Crippen molar-refractivity contribution < 1.29 is 4.79 Å². The number of rotatable bonds is 5. The van der Waals surface area contributed by atoms with Crippen LogP contribution in [0, 0.1) is 0 Å². The summed E-state index contributed by atoms with van der Waals surface area (Å²) in [6, 6.07) is 10.2. The van der Waals surface area contributed by atoms with Gasteiger partial charge in [0.2, 0.25) is 11.9 Å². The normalized spacial score (nSPS) is 15.8. The molecule has 1 N–H and O–H groups in total. The van der Waals surface area contributed by atoms with Crippen molar-refractivity contribution in [2.24, 2.45) is 0 Å². The molecule has 1 spiro atoms. The standard InChI is InChI=1S/C30H33N7O2/c1-6-13-36-27(39)23-16-32-28(34-26(23)37(36)22-9-12-31-25(15-22)29(3,4)5)33-21-7-8-24-20(14-21)17-35(19(2)38)18-30(24)10-11-30/h6-9,12,14-16H,1,10-11,13,17-18H2,2-5H3,(H,32,33,34). The summed E-state index contributed by atoms with van der Waals surface area (Å²) in [6.45, 7) is 13.5. The molecule has 1 amide bonds. The van der Waals surface area contributed by atoms with E-state index in [1.165, 1.54) is 5.56 Å². The number of aromatic nitrogens is 5. The Kier molecular flexibility index (Phi) is 5.71. The highest BCUT2D eigenvalue weighted by Gasteiger charge is 2.49. The van der Waals surface area contributed by atoms with Gasteiger partial charge in [0.1, 0.15) is 5.39 Å². The fourth-order valence-corrected chi connectivity index (χ4v) is 5.56. The summed E-state index contributed by atoms with van der Waals surface area (Å²) in [4.78, 5) is 41.3. The maximum Gasteiger partial charge on any atom is 0.278 e. The highest BCUT2D eigenvalue weighted by Crippen LogP contribution is 2.52. The summed E-state index contributed by atoms with van der Waals surface area (Å²) in [6.07, 6.45) is 7.25. The zero-order valence-electron chi connectivity index (χ0n) is 22.9. The van der Waals surface area contributed by atoms with E-state index in [-0.39, 0.29) is 22.3 Å². The van der Waals surface area contributed by atoms with E-state index in [0.29, 0.717) is 30.1 Å². The van der Waals surface area contributed by atoms with Gasteiger partial charge in [-0.25, -0.2) is 14.3 Å². The maximum atomic E-state index is 13.3. The molecule has 0 radical (unpaired) electrons. The van der Waals surface area contributed by atoms with Crippen LogP contribution in [0.3, 0.4) is 0 Å². The lowest BCUT2D eigenvalue weighted by Gasteiger charge is -2.34. The summed E-state index contributed by atoms with van der Waals surface area (Å²) in [7, 11) is 0. The van der Waals surface area contributed by atoms with Crippen LogP contribution in [0.15, 0.2) is 60.2 Å². The molecule has 0 saturated heterocycles. The summed E-state index contributed by atoms with van der Waals surface area (Å²) < 4.78 is 3.43. The minimum Gasteiger partial charge on any atom is -0.338 e. The third kappa shape index (κ3) is 4.31. The zero-order chi connectivity index (χ0) is 27.5. The van der Waals surface area contributed by atoms with Crippen molar-refractivity contribution in [2.45, 2.75) is 64.5 Å². The molecule has 9 nitrogen and oxygen atoms in total. The van der Waals surface area contributed by atoms with Gasteiger partial charge in [0.05, 0.1) is 12.2 Å². The molecule has 1 fully saturated rings. The lowest BCUT2D eigenvalue weighted by atomic mass is 9.86. The van der Waals surface area contributed by atoms with Crippen LogP contribution in [-0.2, 0) is 28.7 Å². The van der Waals surface area contributed by atoms with Crippen molar-refractivity contribution in [3.8, 4) is 5.69 Å². The van der Waals surface area contributed by atoms with Crippen LogP contribution in [-0.4, -0.2) is 41.7 Å². The maximum absolute atomic E-state index is 13.3. The molecule has 1 aromatic carbocycles. The minimum absolute atomic E-state index is 0.104. The molecule has 39 heavy (non-hydrogen) atoms. The van der Waals surface area contributed by atoms with Gasteiger partial charge in [-0.2, -0.15) is 4.98 Å². The van der Waals surface area contributed by atoms with Gasteiger partial charge < -0.3 is 10.2 Å². The first-order chi connectivity index (χ1) is 18.6. The van der Waals surface area contributed by atoms with Crippen molar-refractivity contribution in [2.75, 3.05) is 11.9 Å². The zero-order valence-corrected chi connectivity index (χ0v) is 22.9. The van der Waals surface area contributed by atoms with E-state index in [0.717, 1.165) is 42.0 Å². The summed E-state index contributed by atoms with van der Waals surface area (Å²) >= 11 is 0. The number of fused-ring (bicyclic) bond motifs is 3. The van der Waals surface area contributed by atoms with Crippen molar-refractivity contribution >= 4 is 28.6 Å². The SMILES string of the molecule is C=CCn1c(=O)c2cnc(Nc3ccc4c(c3)CN(C(C)=O)CC43CC3)nc2n1-c1ccnc(C(C)(C)C)c1. The molecule has 1 aliphatic carbocycles. The summed E-state index contributed by atoms with van der Waals surface area (Å²) in [5, 5.41) is 3.76. The lowest BCUT2D eigenvalue weighted by Crippen LogP contribution is -2.40. The third-order valence-corrected chi connectivity index (χ3v) is 7.82. The molecular formula is C30H33N7O2. The predicted molar refractivity (Wildman–Crippen MR) is 152 cm³/mol. The quantitative estimate of drug-likeness (QED) is 0.384. The molecule has 9 heteroatoms. The smallest absolute Gasteiger partial charge is 0.278 e. The second-order valence-electron chi connectivity index (χ2n) is 11.7. The number of pyridine rings is 1. The Bertz CT molecular complexity index is 1690. The largest absolute Gasteiger partial charge is 0.338 e. The van der Waals surface area contributed by atoms with Crippen LogP contribution in [0.5, 0.6) is 0 Å². The van der Waals surface area contributed by atoms with E-state index in [4.69, 9.17) is 4.98 Å². The van der Waals surface area contributed by atoms with E-state index in [1.807, 2.05) is 27.8 Å². The average Bonchev–Trinajstić information content (AvgIpc) is 3.61. The molecule has 4 aromatic rings. The predicted octanol–water partition coefficient (Wildman–Crippen LogP) is 4.60. The van der Waals surface area contributed by atoms with E-state index in [9.17, 15) is 9.59 Å². The van der Waals surface area contributed by atoms with E-state index in [2.05, 4.69) is 54.8 Å². The minimum atomic E-state index is -0.182. The highest BCUT2D eigenvalue weighted by molar-refractivity contribution is 5.77. The Morgan fingerprint density at radius 3 is 2.67 bits per heavy atom. The molecular weight excluding hydrogens is 490 g/mol. The van der Waals surface area contributed by atoms with Gasteiger partial charge in [-0.05, 0) is 48.2 Å². The van der Waals surface area contributed by atoms with Crippen LogP contribution in [0.2, 0.25) is 0 Å². The van der Waals surface area contributed by atoms with Gasteiger partial charge in [-0.15, -0.1) is 6.58 Å². The Morgan fingerprint density at radius 1 is 1.18 bits per heavy atom. The third-order valence-electron chi connectivity index (χ3n) is 7.82. The highest BCUT2D eigenvalue weighted by atomic mass is 16.2. The summed E-state index contributed by atoms with van der Waals surface area (Å²) in [5.74, 6) is 0.490. The van der Waals surface area contributed by atoms with Crippen LogP contribution in [0.1, 0.15) is 57.4 Å². The van der Waals surface area contributed by atoms with Crippen molar-refractivity contribution in [3.05, 3.63) is 82.6 Å². The molecule has 2 aliphatic rings. The number of carbonyl (C=O) groups excluding carboxylic acids is 1. The number of benzene rings is 1. The Labute approximate surface area is 227 Å². The molecule has 1 saturated carbocycles. The van der Waals surface area contributed by atoms with Crippen LogP contribution in [0.25, 0.3) is 16.7 Å². The molecule has 3 aromatic heterocycles. The van der Waals surface area contributed by atoms with Gasteiger partial charge in [0.25, 0.3) is 5.56 Å². The molecule has 200 valence electrons. The first kappa shape index (κ1) is 25.0. The number of allylic oxidation sites excluding steroid dienone is 1.